The van der Waals surface area contributed by atoms with Crippen molar-refractivity contribution in [2.45, 2.75) is 49.5 Å². The van der Waals surface area contributed by atoms with Crippen LogP contribution in [0.4, 0.5) is 0 Å². The third-order valence-corrected chi connectivity index (χ3v) is 6.17. The molecule has 4 rings (SSSR count). The van der Waals surface area contributed by atoms with Crippen LogP contribution in [0.1, 0.15) is 29.2 Å². The highest BCUT2D eigenvalue weighted by Gasteiger charge is 2.44. The topological polar surface area (TPSA) is 109 Å². The molecule has 0 radical (unpaired) electrons. The predicted molar refractivity (Wildman–Crippen MR) is 113 cm³/mol. The van der Waals surface area contributed by atoms with E-state index in [0.29, 0.717) is 23.6 Å². The zero-order valence-corrected chi connectivity index (χ0v) is 17.7. The van der Waals surface area contributed by atoms with Crippen molar-refractivity contribution in [1.29, 1.82) is 0 Å². The van der Waals surface area contributed by atoms with Gasteiger partial charge in [0.05, 0.1) is 19.8 Å². The van der Waals surface area contributed by atoms with Crippen LogP contribution in [0.2, 0.25) is 5.02 Å². The Morgan fingerprint density at radius 3 is 2.45 bits per heavy atom. The summed E-state index contributed by atoms with van der Waals surface area (Å²) >= 11 is 6.40. The number of benzene rings is 2. The Labute approximate surface area is 185 Å². The van der Waals surface area contributed by atoms with E-state index in [1.54, 1.807) is 12.1 Å². The van der Waals surface area contributed by atoms with Crippen LogP contribution in [0.3, 0.4) is 0 Å². The molecule has 168 valence electrons. The first-order valence-corrected chi connectivity index (χ1v) is 10.8. The maximum Gasteiger partial charge on any atom is 0.124 e. The molecule has 31 heavy (non-hydrogen) atoms. The normalized spacial score (nSPS) is 31.0. The average molecular weight is 451 g/mol. The highest BCUT2D eigenvalue weighted by molar-refractivity contribution is 6.31. The first-order valence-electron chi connectivity index (χ1n) is 10.4. The van der Waals surface area contributed by atoms with E-state index in [0.717, 1.165) is 29.9 Å². The van der Waals surface area contributed by atoms with Crippen molar-refractivity contribution < 1.29 is 34.6 Å². The lowest BCUT2D eigenvalue weighted by Gasteiger charge is -2.40. The summed E-state index contributed by atoms with van der Waals surface area (Å²) in [5.74, 6) is 0.792. The van der Waals surface area contributed by atoms with E-state index in [9.17, 15) is 20.4 Å². The Morgan fingerprint density at radius 2 is 1.77 bits per heavy atom. The van der Waals surface area contributed by atoms with Gasteiger partial charge in [-0.2, -0.15) is 0 Å². The molecule has 2 heterocycles. The van der Waals surface area contributed by atoms with Crippen LogP contribution in [0, 0.1) is 0 Å². The minimum atomic E-state index is -1.42. The summed E-state index contributed by atoms with van der Waals surface area (Å²) in [7, 11) is 0. The Kier molecular flexibility index (Phi) is 7.13. The summed E-state index contributed by atoms with van der Waals surface area (Å²) < 4.78 is 16.9. The predicted octanol–water partition coefficient (Wildman–Crippen LogP) is 1.61. The second-order valence-electron chi connectivity index (χ2n) is 8.02. The molecule has 2 aliphatic rings. The van der Waals surface area contributed by atoms with Crippen LogP contribution in [-0.4, -0.2) is 70.8 Å². The van der Waals surface area contributed by atoms with E-state index < -0.39 is 37.1 Å². The zero-order chi connectivity index (χ0) is 22.0. The Hall–Kier alpha value is -1.71. The van der Waals surface area contributed by atoms with Crippen LogP contribution in [0.15, 0.2) is 42.5 Å². The summed E-state index contributed by atoms with van der Waals surface area (Å²) in [6.45, 7) is 0.872. The van der Waals surface area contributed by atoms with E-state index in [1.165, 1.54) is 0 Å². The Morgan fingerprint density at radius 1 is 1.00 bits per heavy atom. The second kappa shape index (κ2) is 9.83. The van der Waals surface area contributed by atoms with Crippen LogP contribution >= 0.6 is 11.6 Å². The van der Waals surface area contributed by atoms with Crippen molar-refractivity contribution >= 4 is 11.6 Å². The van der Waals surface area contributed by atoms with Gasteiger partial charge in [-0.05, 0) is 41.3 Å². The molecule has 2 aromatic carbocycles. The van der Waals surface area contributed by atoms with Crippen molar-refractivity contribution in [3.8, 4) is 5.75 Å². The molecular weight excluding hydrogens is 424 g/mol. The molecule has 0 aliphatic carbocycles. The van der Waals surface area contributed by atoms with Gasteiger partial charge in [-0.1, -0.05) is 35.9 Å². The fourth-order valence-corrected chi connectivity index (χ4v) is 4.17. The molecule has 0 saturated carbocycles. The fourth-order valence-electron chi connectivity index (χ4n) is 3.99. The third kappa shape index (κ3) is 5.04. The molecule has 4 N–H and O–H groups in total. The van der Waals surface area contributed by atoms with Gasteiger partial charge in [0.2, 0.25) is 0 Å². The number of aliphatic hydroxyl groups excluding tert-OH is 4. The lowest BCUT2D eigenvalue weighted by Crippen LogP contribution is -2.55. The molecule has 0 spiro atoms. The molecule has 0 bridgehead atoms. The molecule has 0 aromatic heterocycles. The van der Waals surface area contributed by atoms with Gasteiger partial charge >= 0.3 is 0 Å². The number of aliphatic hydroxyl groups is 4. The number of hydrogen-bond acceptors (Lipinski definition) is 7. The molecule has 0 amide bonds. The highest BCUT2D eigenvalue weighted by atomic mass is 35.5. The Bertz CT molecular complexity index is 867. The van der Waals surface area contributed by atoms with Gasteiger partial charge in [-0.3, -0.25) is 0 Å². The molecule has 2 fully saturated rings. The first kappa shape index (κ1) is 22.5. The minimum absolute atomic E-state index is 0.0931. The molecule has 2 aromatic rings. The second-order valence-corrected chi connectivity index (χ2v) is 8.43. The maximum absolute atomic E-state index is 10.4. The quantitative estimate of drug-likeness (QED) is 0.529. The van der Waals surface area contributed by atoms with E-state index in [1.807, 2.05) is 30.3 Å². The van der Waals surface area contributed by atoms with Gasteiger partial charge in [-0.15, -0.1) is 0 Å². The molecule has 2 aliphatic heterocycles. The monoisotopic (exact) mass is 450 g/mol. The molecule has 6 atom stereocenters. The van der Waals surface area contributed by atoms with Gasteiger partial charge in [0.1, 0.15) is 42.4 Å². The van der Waals surface area contributed by atoms with Gasteiger partial charge in [0.15, 0.2) is 0 Å². The van der Waals surface area contributed by atoms with Crippen LogP contribution < -0.4 is 4.74 Å². The van der Waals surface area contributed by atoms with Crippen LogP contribution in [0.25, 0.3) is 0 Å². The summed E-state index contributed by atoms with van der Waals surface area (Å²) in [4.78, 5) is 0. The van der Waals surface area contributed by atoms with Crippen molar-refractivity contribution in [2.75, 3.05) is 19.8 Å². The van der Waals surface area contributed by atoms with Crippen molar-refractivity contribution in [3.05, 3.63) is 64.2 Å². The third-order valence-electron chi connectivity index (χ3n) is 5.80. The first-order chi connectivity index (χ1) is 15.0. The number of rotatable bonds is 6. The van der Waals surface area contributed by atoms with E-state index >= 15 is 0 Å². The van der Waals surface area contributed by atoms with E-state index in [2.05, 4.69) is 0 Å². The molecule has 0 unspecified atom stereocenters. The molecule has 2 saturated heterocycles. The Balaban J connectivity index is 1.49. The average Bonchev–Trinajstić information content (AvgIpc) is 3.28. The minimum Gasteiger partial charge on any atom is -0.488 e. The standard InChI is InChI=1S/C23H27ClO7/c24-18-6-3-14(23-22(28)21(27)20(26)19(11-25)31-23)10-15(18)9-13-1-4-16(5-2-13)30-17-7-8-29-12-17/h1-6,10,17,19-23,25-28H,7-9,11-12H2/t17-,19+,20-,21-,22-,23-/m0/s1. The molecule has 8 heteroatoms. The van der Waals surface area contributed by atoms with E-state index in [-0.39, 0.29) is 6.10 Å². The summed E-state index contributed by atoms with van der Waals surface area (Å²) in [5, 5.41) is 40.5. The van der Waals surface area contributed by atoms with Gasteiger partial charge in [0, 0.05) is 11.4 Å². The SMILES string of the molecule is OC[C@H]1O[C@@H](c2ccc(Cl)c(Cc3ccc(O[C@H]4CCOC4)cc3)c2)[C@@H](O)[C@@H](O)[C@H]1O. The summed E-state index contributed by atoms with van der Waals surface area (Å²) in [6.07, 6.45) is -4.46. The number of hydrogen-bond donors (Lipinski definition) is 4. The zero-order valence-electron chi connectivity index (χ0n) is 16.9. The van der Waals surface area contributed by atoms with Crippen molar-refractivity contribution in [1.82, 2.24) is 0 Å². The van der Waals surface area contributed by atoms with Crippen LogP contribution in [0.5, 0.6) is 5.75 Å². The van der Waals surface area contributed by atoms with Crippen molar-refractivity contribution in [2.24, 2.45) is 0 Å². The van der Waals surface area contributed by atoms with Crippen molar-refractivity contribution in [3.63, 3.8) is 0 Å². The fraction of sp³-hybridized carbons (Fsp3) is 0.478. The van der Waals surface area contributed by atoms with Gasteiger partial charge in [0.25, 0.3) is 0 Å². The largest absolute Gasteiger partial charge is 0.488 e. The highest BCUT2D eigenvalue weighted by Crippen LogP contribution is 2.34. The number of ether oxygens (including phenoxy) is 3. The van der Waals surface area contributed by atoms with E-state index in [4.69, 9.17) is 25.8 Å². The summed E-state index contributed by atoms with van der Waals surface area (Å²) in [6, 6.07) is 13.0. The number of halogens is 1. The smallest absolute Gasteiger partial charge is 0.124 e. The maximum atomic E-state index is 10.4. The lowest BCUT2D eigenvalue weighted by molar-refractivity contribution is -0.231. The lowest BCUT2D eigenvalue weighted by atomic mass is 9.90. The molecular formula is C23H27ClO7. The van der Waals surface area contributed by atoms with Gasteiger partial charge < -0.3 is 34.6 Å². The van der Waals surface area contributed by atoms with Gasteiger partial charge in [-0.25, -0.2) is 0 Å². The summed E-state index contributed by atoms with van der Waals surface area (Å²) in [5.41, 5.74) is 2.47. The molecule has 7 nitrogen and oxygen atoms in total. The van der Waals surface area contributed by atoms with Crippen LogP contribution in [-0.2, 0) is 15.9 Å².